The van der Waals surface area contributed by atoms with Crippen LogP contribution in [-0.2, 0) is 0 Å². The van der Waals surface area contributed by atoms with Gasteiger partial charge in [-0.15, -0.1) is 0 Å². The maximum absolute atomic E-state index is 12.0. The molecule has 2 N–H and O–H groups in total. The molecule has 0 aliphatic rings. The van der Waals surface area contributed by atoms with Gasteiger partial charge in [-0.3, -0.25) is 19.9 Å². The molecule has 0 aliphatic carbocycles. The lowest BCUT2D eigenvalue weighted by molar-refractivity contribution is -0.384. The summed E-state index contributed by atoms with van der Waals surface area (Å²) in [5, 5.41) is 20.8. The quantitative estimate of drug-likeness (QED) is 0.435. The molecule has 0 aliphatic heterocycles. The van der Waals surface area contributed by atoms with E-state index in [2.05, 4.69) is 15.0 Å². The zero-order valence-corrected chi connectivity index (χ0v) is 11.6. The van der Waals surface area contributed by atoms with Crippen LogP contribution in [0.5, 0.6) is 0 Å². The van der Waals surface area contributed by atoms with Crippen LogP contribution in [0.2, 0.25) is 0 Å². The van der Waals surface area contributed by atoms with E-state index in [0.29, 0.717) is 11.1 Å². The van der Waals surface area contributed by atoms with E-state index in [9.17, 15) is 20.0 Å². The van der Waals surface area contributed by atoms with Crippen LogP contribution in [-0.4, -0.2) is 25.0 Å². The third kappa shape index (κ3) is 2.91. The summed E-state index contributed by atoms with van der Waals surface area (Å²) in [4.78, 5) is 32.7. The average molecular weight is 310 g/mol. The van der Waals surface area contributed by atoms with Crippen LogP contribution in [0.25, 0.3) is 22.9 Å². The Bertz CT molecular complexity index is 980. The Labute approximate surface area is 128 Å². The first-order valence-corrected chi connectivity index (χ1v) is 6.54. The zero-order chi connectivity index (χ0) is 16.4. The highest BCUT2D eigenvalue weighted by Crippen LogP contribution is 2.18. The van der Waals surface area contributed by atoms with Gasteiger partial charge in [-0.25, -0.2) is 4.98 Å². The Kier molecular flexibility index (Phi) is 3.55. The highest BCUT2D eigenvalue weighted by atomic mass is 16.6. The van der Waals surface area contributed by atoms with Crippen molar-refractivity contribution in [2.75, 3.05) is 0 Å². The minimum absolute atomic E-state index is 0.00675. The number of nitro benzene ring substituents is 1. The number of hydrogen-bond donors (Lipinski definition) is 2. The molecule has 0 atom stereocenters. The van der Waals surface area contributed by atoms with E-state index in [4.69, 9.17) is 0 Å². The molecule has 0 saturated carbocycles. The average Bonchev–Trinajstić information content (AvgIpc) is 2.55. The lowest BCUT2D eigenvalue weighted by Gasteiger charge is -2.01. The van der Waals surface area contributed by atoms with Gasteiger partial charge in [-0.1, -0.05) is 0 Å². The monoisotopic (exact) mass is 310 g/mol. The number of rotatable bonds is 3. The Morgan fingerprint density at radius 3 is 2.87 bits per heavy atom. The Morgan fingerprint density at radius 1 is 1.35 bits per heavy atom. The van der Waals surface area contributed by atoms with Gasteiger partial charge < -0.3 is 10.1 Å². The zero-order valence-electron chi connectivity index (χ0n) is 11.6. The molecule has 114 valence electrons. The molecular weight excluding hydrogens is 300 g/mol. The standard InChI is InChI=1S/C15H10N4O4/c20-14(9-2-1-5-16-8-9)7-13-15(21)18-12-6-10(19(22)23)3-4-11(12)17-13/h1-8,20H,(H,18,21). The highest BCUT2D eigenvalue weighted by Gasteiger charge is 2.10. The maximum Gasteiger partial charge on any atom is 0.274 e. The lowest BCUT2D eigenvalue weighted by Crippen LogP contribution is -2.12. The first kappa shape index (κ1) is 14.4. The molecule has 0 bridgehead atoms. The van der Waals surface area contributed by atoms with Gasteiger partial charge >= 0.3 is 0 Å². The van der Waals surface area contributed by atoms with Crippen molar-refractivity contribution in [3.05, 3.63) is 74.5 Å². The summed E-state index contributed by atoms with van der Waals surface area (Å²) in [6, 6.07) is 7.25. The molecule has 0 spiro atoms. The smallest absolute Gasteiger partial charge is 0.274 e. The number of fused-ring (bicyclic) bond motifs is 1. The predicted molar refractivity (Wildman–Crippen MR) is 83.8 cm³/mol. The molecule has 0 saturated heterocycles. The van der Waals surface area contributed by atoms with E-state index < -0.39 is 10.5 Å². The number of nitro groups is 1. The van der Waals surface area contributed by atoms with Crippen molar-refractivity contribution in [2.45, 2.75) is 0 Å². The molecule has 23 heavy (non-hydrogen) atoms. The lowest BCUT2D eigenvalue weighted by atomic mass is 10.2. The molecular formula is C15H10N4O4. The number of benzene rings is 1. The number of nitrogens with one attached hydrogen (secondary N) is 1. The summed E-state index contributed by atoms with van der Waals surface area (Å²) in [6.07, 6.45) is 4.23. The fraction of sp³-hybridized carbons (Fsp3) is 0. The van der Waals surface area contributed by atoms with Crippen LogP contribution >= 0.6 is 0 Å². The highest BCUT2D eigenvalue weighted by molar-refractivity contribution is 5.80. The summed E-state index contributed by atoms with van der Waals surface area (Å²) in [7, 11) is 0. The number of H-pyrrole nitrogens is 1. The van der Waals surface area contributed by atoms with Crippen LogP contribution in [0.15, 0.2) is 47.5 Å². The van der Waals surface area contributed by atoms with Crippen LogP contribution < -0.4 is 5.56 Å². The van der Waals surface area contributed by atoms with Gasteiger partial charge in [-0.2, -0.15) is 0 Å². The normalized spacial score (nSPS) is 11.6. The molecule has 8 heteroatoms. The maximum atomic E-state index is 12.0. The fourth-order valence-electron chi connectivity index (χ4n) is 2.03. The minimum atomic E-state index is -0.562. The van der Waals surface area contributed by atoms with Crippen LogP contribution in [0.1, 0.15) is 11.3 Å². The summed E-state index contributed by atoms with van der Waals surface area (Å²) in [6.45, 7) is 0. The van der Waals surface area contributed by atoms with Crippen LogP contribution in [0, 0.1) is 10.1 Å². The van der Waals surface area contributed by atoms with Gasteiger partial charge in [-0.05, 0) is 18.2 Å². The molecule has 0 radical (unpaired) electrons. The van der Waals surface area contributed by atoms with Gasteiger partial charge in [0.15, 0.2) is 0 Å². The second-order valence-corrected chi connectivity index (χ2v) is 4.68. The van der Waals surface area contributed by atoms with Gasteiger partial charge in [0.1, 0.15) is 11.5 Å². The van der Waals surface area contributed by atoms with E-state index in [-0.39, 0.29) is 22.7 Å². The van der Waals surface area contributed by atoms with Crippen LogP contribution in [0.4, 0.5) is 5.69 Å². The number of aliphatic hydroxyl groups excluding tert-OH is 1. The van der Waals surface area contributed by atoms with Gasteiger partial charge in [0.2, 0.25) is 0 Å². The van der Waals surface area contributed by atoms with Gasteiger partial charge in [0, 0.05) is 36.2 Å². The Hall–Kier alpha value is -3.55. The molecule has 0 fully saturated rings. The topological polar surface area (TPSA) is 122 Å². The van der Waals surface area contributed by atoms with E-state index in [0.717, 1.165) is 0 Å². The number of aromatic nitrogens is 3. The number of aromatic amines is 1. The SMILES string of the molecule is O=c1[nH]c2cc([N+](=O)[O-])ccc2nc1C=C(O)c1cccnc1. The van der Waals surface area contributed by atoms with Gasteiger partial charge in [0.05, 0.1) is 16.0 Å². The number of non-ortho nitro benzene ring substituents is 1. The van der Waals surface area contributed by atoms with Crippen molar-refractivity contribution in [3.8, 4) is 0 Å². The summed E-state index contributed by atoms with van der Waals surface area (Å²) < 4.78 is 0. The van der Waals surface area contributed by atoms with E-state index >= 15 is 0 Å². The molecule has 8 nitrogen and oxygen atoms in total. The molecule has 0 amide bonds. The second-order valence-electron chi connectivity index (χ2n) is 4.68. The Morgan fingerprint density at radius 2 is 2.17 bits per heavy atom. The Balaban J connectivity index is 2.09. The summed E-state index contributed by atoms with van der Waals surface area (Å²) >= 11 is 0. The molecule has 3 rings (SSSR count). The van der Waals surface area contributed by atoms with Crippen molar-refractivity contribution in [1.29, 1.82) is 0 Å². The number of hydrogen-bond acceptors (Lipinski definition) is 6. The molecule has 0 unspecified atom stereocenters. The van der Waals surface area contributed by atoms with Crippen LogP contribution in [0.3, 0.4) is 0 Å². The second kappa shape index (κ2) is 5.68. The van der Waals surface area contributed by atoms with E-state index in [1.54, 1.807) is 18.3 Å². The van der Waals surface area contributed by atoms with E-state index in [1.807, 2.05) is 0 Å². The molecule has 1 aromatic carbocycles. The summed E-state index contributed by atoms with van der Waals surface area (Å²) in [5.41, 5.74) is 0.359. The van der Waals surface area contributed by atoms with Crippen molar-refractivity contribution >= 4 is 28.6 Å². The largest absolute Gasteiger partial charge is 0.507 e. The predicted octanol–water partition coefficient (Wildman–Crippen LogP) is 2.28. The first-order valence-electron chi connectivity index (χ1n) is 6.54. The number of nitrogens with zero attached hydrogens (tertiary/aromatic N) is 3. The molecule has 2 aromatic heterocycles. The number of pyridine rings is 1. The third-order valence-corrected chi connectivity index (χ3v) is 3.14. The van der Waals surface area contributed by atoms with Crippen molar-refractivity contribution in [2.24, 2.45) is 0 Å². The third-order valence-electron chi connectivity index (χ3n) is 3.14. The summed E-state index contributed by atoms with van der Waals surface area (Å²) in [5.74, 6) is -0.155. The molecule has 3 aromatic rings. The van der Waals surface area contributed by atoms with Crippen molar-refractivity contribution in [3.63, 3.8) is 0 Å². The fourth-order valence-corrected chi connectivity index (χ4v) is 2.03. The van der Waals surface area contributed by atoms with Crippen molar-refractivity contribution < 1.29 is 10.0 Å². The van der Waals surface area contributed by atoms with Gasteiger partial charge in [0.25, 0.3) is 11.2 Å². The van der Waals surface area contributed by atoms with E-state index in [1.165, 1.54) is 30.5 Å². The first-order chi connectivity index (χ1) is 11.0. The minimum Gasteiger partial charge on any atom is -0.507 e. The molecule has 2 heterocycles. The number of aliphatic hydroxyl groups is 1. The van der Waals surface area contributed by atoms with Crippen molar-refractivity contribution in [1.82, 2.24) is 15.0 Å².